The summed E-state index contributed by atoms with van der Waals surface area (Å²) < 4.78 is 0. The van der Waals surface area contributed by atoms with Crippen molar-refractivity contribution < 1.29 is 14.4 Å². The van der Waals surface area contributed by atoms with Crippen LogP contribution >= 0.6 is 11.6 Å². The minimum absolute atomic E-state index is 0.0160. The fourth-order valence-electron chi connectivity index (χ4n) is 3.43. The maximum atomic E-state index is 13.0. The Morgan fingerprint density at radius 2 is 1.97 bits per heavy atom. The van der Waals surface area contributed by atoms with Crippen LogP contribution in [0.15, 0.2) is 42.5 Å². The van der Waals surface area contributed by atoms with E-state index in [1.165, 1.54) is 0 Å². The van der Waals surface area contributed by atoms with E-state index in [0.29, 0.717) is 40.1 Å². The molecule has 0 spiro atoms. The van der Waals surface area contributed by atoms with Crippen LogP contribution in [0.1, 0.15) is 37.6 Å². The number of nitrogens with one attached hydrogen (secondary N) is 3. The molecule has 0 saturated heterocycles. The van der Waals surface area contributed by atoms with Gasteiger partial charge in [0.2, 0.25) is 11.8 Å². The number of benzene rings is 2. The average Bonchev–Trinajstić information content (AvgIpc) is 2.84. The van der Waals surface area contributed by atoms with Crippen LogP contribution in [0.25, 0.3) is 0 Å². The zero-order chi connectivity index (χ0) is 22.5. The molecule has 0 radical (unpaired) electrons. The largest absolute Gasteiger partial charge is 0.376 e. The normalized spacial score (nSPS) is 15.7. The number of para-hydroxylation sites is 2. The van der Waals surface area contributed by atoms with Crippen molar-refractivity contribution >= 4 is 46.4 Å². The first-order valence-corrected chi connectivity index (χ1v) is 10.7. The fourth-order valence-corrected chi connectivity index (χ4v) is 3.70. The Bertz CT molecular complexity index is 993. The summed E-state index contributed by atoms with van der Waals surface area (Å²) in [5, 5.41) is 9.06. The second-order valence-corrected chi connectivity index (χ2v) is 8.44. The van der Waals surface area contributed by atoms with Gasteiger partial charge in [-0.1, -0.05) is 37.6 Å². The molecule has 0 aliphatic carbocycles. The Morgan fingerprint density at radius 1 is 1.23 bits per heavy atom. The molecule has 2 aromatic rings. The number of halogens is 1. The summed E-state index contributed by atoms with van der Waals surface area (Å²) in [5.74, 6) is -0.187. The van der Waals surface area contributed by atoms with Crippen LogP contribution in [0.3, 0.4) is 0 Å². The molecular formula is C23H27ClN4O3. The molecule has 1 aliphatic rings. The molecular weight excluding hydrogens is 416 g/mol. The van der Waals surface area contributed by atoms with Crippen molar-refractivity contribution in [3.63, 3.8) is 0 Å². The lowest BCUT2D eigenvalue weighted by atomic mass is 10.1. The third kappa shape index (κ3) is 5.55. The molecule has 2 aromatic carbocycles. The highest BCUT2D eigenvalue weighted by Crippen LogP contribution is 2.31. The molecule has 3 N–H and O–H groups in total. The van der Waals surface area contributed by atoms with Crippen molar-refractivity contribution in [3.8, 4) is 0 Å². The summed E-state index contributed by atoms with van der Waals surface area (Å²) in [6, 6.07) is 11.9. The quantitative estimate of drug-likeness (QED) is 0.632. The highest BCUT2D eigenvalue weighted by atomic mass is 35.5. The van der Waals surface area contributed by atoms with Crippen molar-refractivity contribution in [2.45, 2.75) is 33.2 Å². The third-order valence-electron chi connectivity index (χ3n) is 4.96. The second kappa shape index (κ2) is 9.83. The van der Waals surface area contributed by atoms with Crippen LogP contribution in [0, 0.1) is 5.92 Å². The molecule has 3 amide bonds. The zero-order valence-electron chi connectivity index (χ0n) is 17.9. The van der Waals surface area contributed by atoms with Gasteiger partial charge in [-0.3, -0.25) is 14.4 Å². The first-order chi connectivity index (χ1) is 14.8. The Kier molecular flexibility index (Phi) is 7.17. The number of rotatable bonds is 6. The Hall–Kier alpha value is -3.06. The Balaban J connectivity index is 1.70. The van der Waals surface area contributed by atoms with Crippen molar-refractivity contribution in [2.24, 2.45) is 5.92 Å². The number of carbonyl (C=O) groups is 3. The van der Waals surface area contributed by atoms with Crippen molar-refractivity contribution in [2.75, 3.05) is 28.6 Å². The van der Waals surface area contributed by atoms with Crippen molar-refractivity contribution in [3.05, 3.63) is 53.1 Å². The first-order valence-electron chi connectivity index (χ1n) is 10.3. The molecule has 1 heterocycles. The summed E-state index contributed by atoms with van der Waals surface area (Å²) in [4.78, 5) is 39.0. The molecule has 0 bridgehead atoms. The number of anilines is 3. The van der Waals surface area contributed by atoms with Gasteiger partial charge in [-0.25, -0.2) is 0 Å². The Morgan fingerprint density at radius 3 is 2.68 bits per heavy atom. The van der Waals surface area contributed by atoms with Gasteiger partial charge in [0.1, 0.15) is 0 Å². The second-order valence-electron chi connectivity index (χ2n) is 8.03. The van der Waals surface area contributed by atoms with Crippen LogP contribution in [0.4, 0.5) is 17.1 Å². The molecule has 7 nitrogen and oxygen atoms in total. The van der Waals surface area contributed by atoms with E-state index in [-0.39, 0.29) is 36.7 Å². The molecule has 164 valence electrons. The Labute approximate surface area is 187 Å². The van der Waals surface area contributed by atoms with E-state index in [0.717, 1.165) is 0 Å². The van der Waals surface area contributed by atoms with Gasteiger partial charge in [-0.15, -0.1) is 0 Å². The van der Waals surface area contributed by atoms with Gasteiger partial charge in [-0.05, 0) is 43.2 Å². The standard InChI is InChI=1S/C23H27ClN4O3/c1-14(2)12-26-23(31)17-9-8-16(11-18(17)24)25-13-22(30)28-15(3)10-21(29)27-19-6-4-5-7-20(19)28/h4-9,11,14-15,25H,10,12-13H2,1-3H3,(H,26,31)(H,27,29). The molecule has 1 aliphatic heterocycles. The number of amides is 3. The minimum Gasteiger partial charge on any atom is -0.376 e. The van der Waals surface area contributed by atoms with Gasteiger partial charge >= 0.3 is 0 Å². The topological polar surface area (TPSA) is 90.5 Å². The van der Waals surface area contributed by atoms with Gasteiger partial charge in [0.25, 0.3) is 5.91 Å². The van der Waals surface area contributed by atoms with E-state index in [2.05, 4.69) is 16.0 Å². The lowest BCUT2D eigenvalue weighted by Gasteiger charge is -2.28. The van der Waals surface area contributed by atoms with Crippen molar-refractivity contribution in [1.29, 1.82) is 0 Å². The lowest BCUT2D eigenvalue weighted by Crippen LogP contribution is -2.42. The van der Waals surface area contributed by atoms with Gasteiger partial charge in [0.15, 0.2) is 0 Å². The molecule has 0 aromatic heterocycles. The summed E-state index contributed by atoms with van der Waals surface area (Å²) in [5.41, 5.74) is 2.30. The van der Waals surface area contributed by atoms with E-state index < -0.39 is 0 Å². The van der Waals surface area contributed by atoms with Gasteiger partial charge < -0.3 is 20.9 Å². The average molecular weight is 443 g/mol. The van der Waals surface area contributed by atoms with Crippen LogP contribution in [0.2, 0.25) is 5.02 Å². The van der Waals surface area contributed by atoms with E-state index in [4.69, 9.17) is 11.6 Å². The van der Waals surface area contributed by atoms with Crippen molar-refractivity contribution in [1.82, 2.24) is 5.32 Å². The maximum absolute atomic E-state index is 13.0. The smallest absolute Gasteiger partial charge is 0.252 e. The monoisotopic (exact) mass is 442 g/mol. The molecule has 31 heavy (non-hydrogen) atoms. The van der Waals surface area contributed by atoms with E-state index >= 15 is 0 Å². The molecule has 1 atom stereocenters. The molecule has 1 unspecified atom stereocenters. The lowest BCUT2D eigenvalue weighted by molar-refractivity contribution is -0.118. The summed E-state index contributed by atoms with van der Waals surface area (Å²) in [7, 11) is 0. The number of fused-ring (bicyclic) bond motifs is 1. The van der Waals surface area contributed by atoms with Gasteiger partial charge in [-0.2, -0.15) is 0 Å². The maximum Gasteiger partial charge on any atom is 0.252 e. The number of hydrogen-bond acceptors (Lipinski definition) is 4. The van der Waals surface area contributed by atoms with Gasteiger partial charge in [0, 0.05) is 24.7 Å². The van der Waals surface area contributed by atoms with Crippen LogP contribution in [-0.4, -0.2) is 36.9 Å². The summed E-state index contributed by atoms with van der Waals surface area (Å²) in [6.45, 7) is 6.46. The number of nitrogens with zero attached hydrogens (tertiary/aromatic N) is 1. The van der Waals surface area contributed by atoms with Crippen LogP contribution in [-0.2, 0) is 9.59 Å². The number of hydrogen-bond donors (Lipinski definition) is 3. The third-order valence-corrected chi connectivity index (χ3v) is 5.27. The molecule has 0 fully saturated rings. The first kappa shape index (κ1) is 22.6. The predicted molar refractivity (Wildman–Crippen MR) is 124 cm³/mol. The molecule has 3 rings (SSSR count). The minimum atomic E-state index is -0.284. The van der Waals surface area contributed by atoms with Crippen LogP contribution in [0.5, 0.6) is 0 Å². The van der Waals surface area contributed by atoms with E-state index in [1.54, 1.807) is 29.2 Å². The zero-order valence-corrected chi connectivity index (χ0v) is 18.6. The van der Waals surface area contributed by atoms with E-state index in [1.807, 2.05) is 39.0 Å². The molecule has 8 heteroatoms. The highest BCUT2D eigenvalue weighted by molar-refractivity contribution is 6.34. The molecule has 0 saturated carbocycles. The summed E-state index contributed by atoms with van der Waals surface area (Å²) >= 11 is 6.29. The van der Waals surface area contributed by atoms with E-state index in [9.17, 15) is 14.4 Å². The highest BCUT2D eigenvalue weighted by Gasteiger charge is 2.29. The fraction of sp³-hybridized carbons (Fsp3) is 0.348. The SMILES string of the molecule is CC(C)CNC(=O)c1ccc(NCC(=O)N2c3ccccc3NC(=O)CC2C)cc1Cl. The van der Waals surface area contributed by atoms with Gasteiger partial charge in [0.05, 0.1) is 28.5 Å². The summed E-state index contributed by atoms with van der Waals surface area (Å²) in [6.07, 6.45) is 0.215. The predicted octanol–water partition coefficient (Wildman–Crippen LogP) is 3.90. The van der Waals surface area contributed by atoms with Crippen LogP contribution < -0.4 is 20.9 Å². The number of carbonyl (C=O) groups excluding carboxylic acids is 3.